The van der Waals surface area contributed by atoms with E-state index in [4.69, 9.17) is 34.8 Å². The summed E-state index contributed by atoms with van der Waals surface area (Å²) in [6, 6.07) is 16.7. The maximum atomic E-state index is 13.2. The highest BCUT2D eigenvalue weighted by Gasteiger charge is 2.27. The standard InChI is InChI=1S/C19H16Cl2N4O2S/c20-16-10-15(12-5-2-1-3-6-12)18(22)17(21)19(16)28(26,27)14-8-4-7-13(9-14)24-11-25-23/h1-11H,22-23H2,(H,24,25). The summed E-state index contributed by atoms with van der Waals surface area (Å²) in [5, 5.41) is -0.139. The Morgan fingerprint density at radius 2 is 1.71 bits per heavy atom. The monoisotopic (exact) mass is 434 g/mol. The van der Waals surface area contributed by atoms with Crippen molar-refractivity contribution >= 4 is 50.8 Å². The van der Waals surface area contributed by atoms with Gasteiger partial charge in [-0.1, -0.05) is 59.6 Å². The minimum Gasteiger partial charge on any atom is -0.397 e. The van der Waals surface area contributed by atoms with Gasteiger partial charge in [-0.2, -0.15) is 0 Å². The molecule has 0 aliphatic heterocycles. The Kier molecular flexibility index (Phi) is 5.90. The summed E-state index contributed by atoms with van der Waals surface area (Å²) in [5.41, 5.74) is 10.3. The molecule has 3 rings (SSSR count). The third kappa shape index (κ3) is 3.83. The maximum absolute atomic E-state index is 13.2. The minimum absolute atomic E-state index is 0.0180. The molecule has 0 spiro atoms. The topological polar surface area (TPSA) is 111 Å². The van der Waals surface area contributed by atoms with Gasteiger partial charge in [-0.3, -0.25) is 0 Å². The average Bonchev–Trinajstić information content (AvgIpc) is 2.70. The van der Waals surface area contributed by atoms with Gasteiger partial charge in [0.15, 0.2) is 0 Å². The van der Waals surface area contributed by atoms with E-state index in [1.165, 1.54) is 24.5 Å². The van der Waals surface area contributed by atoms with E-state index in [1.54, 1.807) is 12.1 Å². The third-order valence-corrected chi connectivity index (χ3v) is 6.73. The van der Waals surface area contributed by atoms with Crippen LogP contribution in [0.1, 0.15) is 0 Å². The quantitative estimate of drug-likeness (QED) is 0.183. The summed E-state index contributed by atoms with van der Waals surface area (Å²) in [6.45, 7) is 0. The Morgan fingerprint density at radius 3 is 2.39 bits per heavy atom. The van der Waals surface area contributed by atoms with Crippen LogP contribution in [-0.4, -0.2) is 14.8 Å². The van der Waals surface area contributed by atoms with Crippen LogP contribution in [0, 0.1) is 0 Å². The summed E-state index contributed by atoms with van der Waals surface area (Å²) < 4.78 is 26.4. The number of benzene rings is 3. The first-order valence-corrected chi connectivity index (χ1v) is 10.3. The first-order valence-electron chi connectivity index (χ1n) is 8.03. The average molecular weight is 435 g/mol. The Morgan fingerprint density at radius 1 is 1.00 bits per heavy atom. The highest BCUT2D eigenvalue weighted by atomic mass is 35.5. The highest BCUT2D eigenvalue weighted by Crippen LogP contribution is 2.43. The first kappa shape index (κ1) is 20.2. The van der Waals surface area contributed by atoms with Crippen molar-refractivity contribution in [3.8, 4) is 11.1 Å². The SMILES string of the molecule is NNC=Nc1cccc(S(=O)(=O)c2c(Cl)cc(-c3ccccc3)c(N)c2Cl)c1. The Labute approximate surface area is 172 Å². The fourth-order valence-electron chi connectivity index (χ4n) is 2.68. The minimum atomic E-state index is -4.04. The Hall–Kier alpha value is -2.58. The molecule has 3 aromatic carbocycles. The number of sulfone groups is 1. The summed E-state index contributed by atoms with van der Waals surface area (Å²) in [7, 11) is -4.04. The molecular weight excluding hydrogens is 419 g/mol. The van der Waals surface area contributed by atoms with Crippen molar-refractivity contribution in [2.75, 3.05) is 5.73 Å². The zero-order valence-corrected chi connectivity index (χ0v) is 16.8. The molecule has 0 saturated carbocycles. The lowest BCUT2D eigenvalue weighted by Gasteiger charge is -2.15. The lowest BCUT2D eigenvalue weighted by atomic mass is 10.0. The molecule has 6 nitrogen and oxygen atoms in total. The lowest BCUT2D eigenvalue weighted by Crippen LogP contribution is -2.18. The predicted octanol–water partition coefficient (Wildman–Crippen LogP) is 4.20. The summed E-state index contributed by atoms with van der Waals surface area (Å²) in [4.78, 5) is 3.73. The van der Waals surface area contributed by atoms with Crippen molar-refractivity contribution in [3.63, 3.8) is 0 Å². The van der Waals surface area contributed by atoms with Crippen molar-refractivity contribution in [1.82, 2.24) is 5.43 Å². The van der Waals surface area contributed by atoms with E-state index in [0.717, 1.165) is 5.56 Å². The number of hydrogen-bond acceptors (Lipinski definition) is 5. The molecule has 0 radical (unpaired) electrons. The number of anilines is 1. The third-order valence-electron chi connectivity index (χ3n) is 3.98. The second-order valence-corrected chi connectivity index (χ2v) is 8.43. The molecule has 0 saturated heterocycles. The van der Waals surface area contributed by atoms with Gasteiger partial charge in [-0.15, -0.1) is 0 Å². The first-order chi connectivity index (χ1) is 13.4. The number of aliphatic imine (C=N–C) groups is 1. The molecule has 0 aliphatic rings. The zero-order valence-electron chi connectivity index (χ0n) is 14.4. The van der Waals surface area contributed by atoms with Gasteiger partial charge in [0, 0.05) is 5.56 Å². The van der Waals surface area contributed by atoms with Crippen LogP contribution in [0.2, 0.25) is 10.0 Å². The molecule has 0 aromatic heterocycles. The fraction of sp³-hybridized carbons (Fsp3) is 0. The Balaban J connectivity index is 2.16. The molecule has 5 N–H and O–H groups in total. The van der Waals surface area contributed by atoms with Gasteiger partial charge in [0.25, 0.3) is 0 Å². The number of nitrogens with two attached hydrogens (primary N) is 2. The van der Waals surface area contributed by atoms with Crippen molar-refractivity contribution < 1.29 is 8.42 Å². The molecular formula is C19H16Cl2N4O2S. The van der Waals surface area contributed by atoms with Crippen molar-refractivity contribution in [3.05, 3.63) is 70.7 Å². The number of nitrogen functional groups attached to an aromatic ring is 1. The number of nitrogens with zero attached hydrogens (tertiary/aromatic N) is 1. The molecule has 0 bridgehead atoms. The molecule has 3 aromatic rings. The molecule has 0 unspecified atom stereocenters. The number of halogens is 2. The molecule has 144 valence electrons. The van der Waals surface area contributed by atoms with E-state index in [0.29, 0.717) is 11.3 Å². The van der Waals surface area contributed by atoms with E-state index in [1.807, 2.05) is 30.3 Å². The number of nitrogens with one attached hydrogen (secondary N) is 1. The Bertz CT molecular complexity index is 1150. The van der Waals surface area contributed by atoms with Crippen LogP contribution in [-0.2, 0) is 9.84 Å². The van der Waals surface area contributed by atoms with Gasteiger partial charge >= 0.3 is 0 Å². The van der Waals surface area contributed by atoms with Gasteiger partial charge in [0.1, 0.15) is 11.2 Å². The molecule has 0 fully saturated rings. The fourth-order valence-corrected chi connectivity index (χ4v) is 5.17. The van der Waals surface area contributed by atoms with Gasteiger partial charge < -0.3 is 11.2 Å². The van der Waals surface area contributed by atoms with Crippen LogP contribution < -0.4 is 17.0 Å². The second-order valence-electron chi connectivity index (χ2n) is 5.75. The smallest absolute Gasteiger partial charge is 0.209 e. The van der Waals surface area contributed by atoms with Crippen LogP contribution in [0.4, 0.5) is 11.4 Å². The lowest BCUT2D eigenvalue weighted by molar-refractivity contribution is 0.596. The normalized spacial score (nSPS) is 11.7. The summed E-state index contributed by atoms with van der Waals surface area (Å²) >= 11 is 12.7. The summed E-state index contributed by atoms with van der Waals surface area (Å²) in [6.07, 6.45) is 1.23. The van der Waals surface area contributed by atoms with Crippen LogP contribution in [0.3, 0.4) is 0 Å². The number of hydrazine groups is 1. The van der Waals surface area contributed by atoms with Crippen molar-refractivity contribution in [2.45, 2.75) is 9.79 Å². The van der Waals surface area contributed by atoms with Gasteiger partial charge in [0.05, 0.1) is 26.3 Å². The van der Waals surface area contributed by atoms with Gasteiger partial charge in [-0.25, -0.2) is 19.3 Å². The van der Waals surface area contributed by atoms with E-state index in [2.05, 4.69) is 10.4 Å². The van der Waals surface area contributed by atoms with Gasteiger partial charge in [0.2, 0.25) is 9.84 Å². The van der Waals surface area contributed by atoms with Crippen molar-refractivity contribution in [2.24, 2.45) is 10.8 Å². The van der Waals surface area contributed by atoms with E-state index in [-0.39, 0.29) is 25.5 Å². The van der Waals surface area contributed by atoms with Crippen molar-refractivity contribution in [1.29, 1.82) is 0 Å². The van der Waals surface area contributed by atoms with E-state index in [9.17, 15) is 8.42 Å². The molecule has 0 amide bonds. The van der Waals surface area contributed by atoms with E-state index >= 15 is 0 Å². The highest BCUT2D eigenvalue weighted by molar-refractivity contribution is 7.91. The molecule has 0 heterocycles. The van der Waals surface area contributed by atoms with Crippen LogP contribution in [0.5, 0.6) is 0 Å². The summed E-state index contributed by atoms with van der Waals surface area (Å²) in [5.74, 6) is 5.14. The second kappa shape index (κ2) is 8.20. The molecule has 28 heavy (non-hydrogen) atoms. The molecule has 0 aliphatic carbocycles. The van der Waals surface area contributed by atoms with Crippen LogP contribution in [0.15, 0.2) is 75.4 Å². The van der Waals surface area contributed by atoms with Crippen LogP contribution >= 0.6 is 23.2 Å². The van der Waals surface area contributed by atoms with E-state index < -0.39 is 9.84 Å². The maximum Gasteiger partial charge on any atom is 0.209 e. The largest absolute Gasteiger partial charge is 0.397 e. The zero-order chi connectivity index (χ0) is 20.3. The van der Waals surface area contributed by atoms with Gasteiger partial charge in [-0.05, 0) is 29.8 Å². The van der Waals surface area contributed by atoms with Crippen LogP contribution in [0.25, 0.3) is 11.1 Å². The molecule has 0 atom stereocenters. The number of rotatable bonds is 5. The predicted molar refractivity (Wildman–Crippen MR) is 114 cm³/mol. The molecule has 9 heteroatoms. The number of hydrogen-bond donors (Lipinski definition) is 3.